The SMILES string of the molecule is CCC(O)Cn1c2ccc(SF)cc2c2cc(SF)ccc21. The minimum atomic E-state index is -0.454. The quantitative estimate of drug-likeness (QED) is 0.663. The molecule has 0 radical (unpaired) electrons. The molecule has 0 saturated heterocycles. The molecule has 2 nitrogen and oxygen atoms in total. The van der Waals surface area contributed by atoms with E-state index < -0.39 is 6.10 Å². The van der Waals surface area contributed by atoms with Gasteiger partial charge in [0.25, 0.3) is 0 Å². The van der Waals surface area contributed by atoms with Crippen LogP contribution < -0.4 is 0 Å². The van der Waals surface area contributed by atoms with E-state index in [2.05, 4.69) is 0 Å². The molecule has 1 heterocycles. The van der Waals surface area contributed by atoms with Crippen molar-refractivity contribution in [3.8, 4) is 0 Å². The Morgan fingerprint density at radius 3 is 1.91 bits per heavy atom. The molecule has 1 atom stereocenters. The number of rotatable bonds is 5. The average Bonchev–Trinajstić information content (AvgIpc) is 2.87. The molecule has 0 aliphatic heterocycles. The van der Waals surface area contributed by atoms with Gasteiger partial charge in [0.05, 0.1) is 30.4 Å². The average molecular weight is 339 g/mol. The van der Waals surface area contributed by atoms with Crippen LogP contribution in [-0.4, -0.2) is 15.8 Å². The van der Waals surface area contributed by atoms with Gasteiger partial charge in [-0.2, -0.15) is 7.77 Å². The van der Waals surface area contributed by atoms with Crippen molar-refractivity contribution in [3.63, 3.8) is 0 Å². The fraction of sp³-hybridized carbons (Fsp3) is 0.250. The van der Waals surface area contributed by atoms with Crippen LogP contribution in [0.25, 0.3) is 21.8 Å². The van der Waals surface area contributed by atoms with Crippen molar-refractivity contribution in [1.29, 1.82) is 0 Å². The lowest BCUT2D eigenvalue weighted by Gasteiger charge is -2.12. The smallest absolute Gasteiger partial charge is 0.0812 e. The van der Waals surface area contributed by atoms with E-state index in [1.165, 1.54) is 0 Å². The highest BCUT2D eigenvalue weighted by molar-refractivity contribution is 7.94. The van der Waals surface area contributed by atoms with Gasteiger partial charge in [-0.05, 0) is 42.8 Å². The summed E-state index contributed by atoms with van der Waals surface area (Å²) < 4.78 is 27.8. The number of hydrogen-bond donors (Lipinski definition) is 1. The summed E-state index contributed by atoms with van der Waals surface area (Å²) in [5.74, 6) is 0. The van der Waals surface area contributed by atoms with Crippen LogP contribution in [0.5, 0.6) is 0 Å². The van der Waals surface area contributed by atoms with Crippen LogP contribution >= 0.6 is 24.3 Å². The first-order valence-electron chi connectivity index (χ1n) is 6.99. The van der Waals surface area contributed by atoms with E-state index in [0.717, 1.165) is 21.8 Å². The number of aliphatic hydroxyl groups is 1. The molecule has 0 spiro atoms. The standard InChI is InChI=1S/C16H15F2NOS2/c1-2-10(20)9-19-15-5-3-11(21-17)7-13(15)14-8-12(22-18)4-6-16(14)19/h3-8,10,20H,2,9H2,1H3. The summed E-state index contributed by atoms with van der Waals surface area (Å²) in [6.45, 7) is 2.38. The molecule has 116 valence electrons. The molecule has 1 aromatic heterocycles. The van der Waals surface area contributed by atoms with E-state index in [4.69, 9.17) is 0 Å². The van der Waals surface area contributed by atoms with E-state index >= 15 is 0 Å². The molecular weight excluding hydrogens is 324 g/mol. The summed E-state index contributed by atoms with van der Waals surface area (Å²) in [6, 6.07) is 10.7. The third-order valence-corrected chi connectivity index (χ3v) is 4.71. The molecule has 0 aliphatic carbocycles. The van der Waals surface area contributed by atoms with E-state index in [9.17, 15) is 12.9 Å². The first-order valence-corrected chi connectivity index (χ1v) is 8.42. The second-order valence-electron chi connectivity index (χ2n) is 5.18. The molecule has 0 saturated carbocycles. The first kappa shape index (κ1) is 15.6. The minimum Gasteiger partial charge on any atom is -0.391 e. The second kappa shape index (κ2) is 6.48. The van der Waals surface area contributed by atoms with Gasteiger partial charge in [-0.3, -0.25) is 0 Å². The Balaban J connectivity index is 2.30. The van der Waals surface area contributed by atoms with E-state index in [-0.39, 0.29) is 24.3 Å². The molecule has 3 rings (SSSR count). The number of aliphatic hydroxyl groups excluding tert-OH is 1. The predicted molar refractivity (Wildman–Crippen MR) is 89.7 cm³/mol. The van der Waals surface area contributed by atoms with Gasteiger partial charge in [0, 0.05) is 38.1 Å². The number of benzene rings is 2. The lowest BCUT2D eigenvalue weighted by molar-refractivity contribution is 0.153. The van der Waals surface area contributed by atoms with Crippen LogP contribution in [0, 0.1) is 0 Å². The maximum atomic E-state index is 12.9. The van der Waals surface area contributed by atoms with Crippen molar-refractivity contribution in [1.82, 2.24) is 4.57 Å². The van der Waals surface area contributed by atoms with Crippen LogP contribution in [0.3, 0.4) is 0 Å². The van der Waals surface area contributed by atoms with Crippen LogP contribution in [0.15, 0.2) is 46.2 Å². The summed E-state index contributed by atoms with van der Waals surface area (Å²) in [4.78, 5) is 1.03. The van der Waals surface area contributed by atoms with Crippen molar-refractivity contribution in [2.24, 2.45) is 0 Å². The highest BCUT2D eigenvalue weighted by Crippen LogP contribution is 2.35. The Morgan fingerprint density at radius 2 is 1.50 bits per heavy atom. The van der Waals surface area contributed by atoms with Crippen molar-refractivity contribution in [2.75, 3.05) is 0 Å². The summed E-state index contributed by atoms with van der Waals surface area (Å²) in [7, 11) is 0. The molecule has 1 N–H and O–H groups in total. The monoisotopic (exact) mass is 339 g/mol. The van der Waals surface area contributed by atoms with Gasteiger partial charge in [0.1, 0.15) is 0 Å². The topological polar surface area (TPSA) is 25.2 Å². The Kier molecular flexibility index (Phi) is 4.61. The fourth-order valence-corrected chi connectivity index (χ4v) is 3.26. The van der Waals surface area contributed by atoms with Crippen molar-refractivity contribution in [2.45, 2.75) is 35.8 Å². The predicted octanol–water partition coefficient (Wildman–Crippen LogP) is 5.52. The first-order chi connectivity index (χ1) is 10.7. The molecule has 0 bridgehead atoms. The van der Waals surface area contributed by atoms with Crippen molar-refractivity contribution in [3.05, 3.63) is 36.4 Å². The third-order valence-electron chi connectivity index (χ3n) is 3.85. The molecule has 3 aromatic rings. The molecule has 1 unspecified atom stereocenters. The van der Waals surface area contributed by atoms with Gasteiger partial charge in [0.15, 0.2) is 0 Å². The Hall–Kier alpha value is -1.24. The minimum absolute atomic E-state index is 0.192. The number of aromatic nitrogens is 1. The fourth-order valence-electron chi connectivity index (χ4n) is 2.69. The number of nitrogens with zero attached hydrogens (tertiary/aromatic N) is 1. The van der Waals surface area contributed by atoms with Crippen molar-refractivity contribution < 1.29 is 12.9 Å². The van der Waals surface area contributed by atoms with Crippen molar-refractivity contribution >= 4 is 46.1 Å². The maximum Gasteiger partial charge on any atom is 0.0812 e. The van der Waals surface area contributed by atoms with Crippen LogP contribution in [0.2, 0.25) is 0 Å². The molecule has 2 aromatic carbocycles. The van der Waals surface area contributed by atoms with Gasteiger partial charge in [-0.25, -0.2) is 0 Å². The maximum absolute atomic E-state index is 12.9. The summed E-state index contributed by atoms with van der Waals surface area (Å²) in [6.07, 6.45) is 0.196. The largest absolute Gasteiger partial charge is 0.391 e. The Morgan fingerprint density at radius 1 is 1.00 bits per heavy atom. The lowest BCUT2D eigenvalue weighted by Crippen LogP contribution is -2.14. The zero-order valence-corrected chi connectivity index (χ0v) is 13.6. The van der Waals surface area contributed by atoms with Crippen LogP contribution in [0.4, 0.5) is 7.77 Å². The molecular formula is C16H15F2NOS2. The third kappa shape index (κ3) is 2.71. The van der Waals surface area contributed by atoms with Crippen LogP contribution in [0.1, 0.15) is 13.3 Å². The Labute approximate surface area is 136 Å². The van der Waals surface area contributed by atoms with Gasteiger partial charge < -0.3 is 9.67 Å². The van der Waals surface area contributed by atoms with E-state index in [0.29, 0.717) is 22.8 Å². The second-order valence-corrected chi connectivity index (χ2v) is 6.44. The molecule has 0 amide bonds. The molecule has 6 heteroatoms. The lowest BCUT2D eigenvalue weighted by atomic mass is 10.1. The summed E-state index contributed by atoms with van der Waals surface area (Å²) in [5, 5.41) is 11.7. The van der Waals surface area contributed by atoms with Gasteiger partial charge in [0.2, 0.25) is 0 Å². The highest BCUT2D eigenvalue weighted by atomic mass is 32.2. The number of halogens is 2. The highest BCUT2D eigenvalue weighted by Gasteiger charge is 2.14. The number of hydrogen-bond acceptors (Lipinski definition) is 3. The van der Waals surface area contributed by atoms with Gasteiger partial charge in [-0.15, -0.1) is 0 Å². The van der Waals surface area contributed by atoms with Crippen LogP contribution in [-0.2, 0) is 6.54 Å². The number of fused-ring (bicyclic) bond motifs is 3. The normalized spacial score (nSPS) is 13.1. The summed E-state index contributed by atoms with van der Waals surface area (Å²) in [5.41, 5.74) is 1.84. The van der Waals surface area contributed by atoms with E-state index in [1.807, 2.05) is 23.6 Å². The zero-order valence-electron chi connectivity index (χ0n) is 11.9. The summed E-state index contributed by atoms with van der Waals surface area (Å²) >= 11 is 0.384. The van der Waals surface area contributed by atoms with E-state index in [1.54, 1.807) is 24.3 Å². The van der Waals surface area contributed by atoms with Gasteiger partial charge >= 0.3 is 0 Å². The Bertz CT molecular complexity index is 757. The molecule has 0 aliphatic rings. The molecule has 0 fully saturated rings. The molecule has 22 heavy (non-hydrogen) atoms. The van der Waals surface area contributed by atoms with Gasteiger partial charge in [-0.1, -0.05) is 6.92 Å². The zero-order chi connectivity index (χ0) is 15.7.